The number of hydrogen-bond donors (Lipinski definition) is 1. The lowest BCUT2D eigenvalue weighted by molar-refractivity contribution is -0.385. The molecule has 0 radical (unpaired) electrons. The Labute approximate surface area is 200 Å². The number of benzene rings is 3. The second-order valence-electron chi connectivity index (χ2n) is 8.83. The van der Waals surface area contributed by atoms with Gasteiger partial charge in [0.1, 0.15) is 5.56 Å². The van der Waals surface area contributed by atoms with Crippen molar-refractivity contribution in [2.24, 2.45) is 0 Å². The Morgan fingerprint density at radius 1 is 0.941 bits per heavy atom. The van der Waals surface area contributed by atoms with Crippen molar-refractivity contribution in [2.75, 3.05) is 32.1 Å². The maximum absolute atomic E-state index is 13.2. The van der Waals surface area contributed by atoms with E-state index in [9.17, 15) is 14.9 Å². The Kier molecular flexibility index (Phi) is 7.23. The lowest BCUT2D eigenvalue weighted by Gasteiger charge is -2.38. The van der Waals surface area contributed by atoms with Gasteiger partial charge in [-0.25, -0.2) is 0 Å². The zero-order valence-corrected chi connectivity index (χ0v) is 19.6. The summed E-state index contributed by atoms with van der Waals surface area (Å²) in [6.45, 7) is 1.63. The van der Waals surface area contributed by atoms with Gasteiger partial charge in [-0.05, 0) is 30.0 Å². The number of hydrogen-bond acceptors (Lipinski definition) is 5. The molecule has 0 spiro atoms. The van der Waals surface area contributed by atoms with Crippen LogP contribution in [0.4, 0.5) is 11.4 Å². The molecular formula is C27H30N4O3. The van der Waals surface area contributed by atoms with Crippen molar-refractivity contribution >= 4 is 17.3 Å². The molecule has 1 aliphatic heterocycles. The van der Waals surface area contributed by atoms with Gasteiger partial charge < -0.3 is 10.2 Å². The maximum atomic E-state index is 13.2. The molecule has 4 rings (SSSR count). The minimum absolute atomic E-state index is 0.0363. The molecule has 0 aliphatic carbocycles. The van der Waals surface area contributed by atoms with Crippen molar-refractivity contribution < 1.29 is 9.72 Å². The Morgan fingerprint density at radius 3 is 2.00 bits per heavy atom. The molecule has 34 heavy (non-hydrogen) atoms. The molecule has 176 valence electrons. The zero-order chi connectivity index (χ0) is 24.1. The number of anilines is 1. The third-order valence-corrected chi connectivity index (χ3v) is 6.39. The predicted octanol–water partition coefficient (Wildman–Crippen LogP) is 4.64. The second kappa shape index (κ2) is 10.5. The molecule has 0 unspecified atom stereocenters. The fraction of sp³-hybridized carbons (Fsp3) is 0.296. The summed E-state index contributed by atoms with van der Waals surface area (Å²) < 4.78 is 0. The molecule has 3 aromatic rings. The van der Waals surface area contributed by atoms with Crippen LogP contribution in [0.2, 0.25) is 0 Å². The van der Waals surface area contributed by atoms with Crippen molar-refractivity contribution in [1.29, 1.82) is 0 Å². The van der Waals surface area contributed by atoms with Gasteiger partial charge >= 0.3 is 0 Å². The first-order valence-electron chi connectivity index (χ1n) is 11.5. The number of nitro benzene ring substituents is 1. The molecular weight excluding hydrogens is 428 g/mol. The van der Waals surface area contributed by atoms with Crippen molar-refractivity contribution in [1.82, 2.24) is 10.2 Å². The first kappa shape index (κ1) is 23.4. The lowest BCUT2D eigenvalue weighted by Crippen LogP contribution is -2.46. The SMILES string of the molecule is CN(C)c1cccc([N+](=O)[O-])c1C(=O)NC1CCN(C(c2ccccc2)c2ccccc2)CC1. The molecule has 1 N–H and O–H groups in total. The van der Waals surface area contributed by atoms with Gasteiger partial charge in [-0.2, -0.15) is 0 Å². The molecule has 0 bridgehead atoms. The van der Waals surface area contributed by atoms with Crippen LogP contribution in [0.15, 0.2) is 78.9 Å². The summed E-state index contributed by atoms with van der Waals surface area (Å²) in [4.78, 5) is 28.4. The smallest absolute Gasteiger partial charge is 0.284 e. The molecule has 0 atom stereocenters. The highest BCUT2D eigenvalue weighted by atomic mass is 16.6. The molecule has 1 fully saturated rings. The molecule has 3 aromatic carbocycles. The van der Waals surface area contributed by atoms with Crippen LogP contribution in [-0.4, -0.2) is 49.0 Å². The van der Waals surface area contributed by atoms with Crippen LogP contribution in [0.1, 0.15) is 40.4 Å². The van der Waals surface area contributed by atoms with Crippen LogP contribution in [0.5, 0.6) is 0 Å². The molecule has 1 amide bonds. The number of nitrogens with zero attached hydrogens (tertiary/aromatic N) is 3. The standard InChI is InChI=1S/C27H30N4O3/c1-29(2)23-14-9-15-24(31(33)34)25(23)27(32)28-22-16-18-30(19-17-22)26(20-10-5-3-6-11-20)21-12-7-4-8-13-21/h3-15,22,26H,16-19H2,1-2H3,(H,28,32). The van der Waals surface area contributed by atoms with Gasteiger partial charge in [-0.3, -0.25) is 19.8 Å². The molecule has 1 saturated heterocycles. The number of nitro groups is 1. The van der Waals surface area contributed by atoms with Gasteiger partial charge in [0.15, 0.2) is 0 Å². The lowest BCUT2D eigenvalue weighted by atomic mass is 9.94. The van der Waals surface area contributed by atoms with Crippen LogP contribution in [0, 0.1) is 10.1 Å². The van der Waals surface area contributed by atoms with E-state index in [0.29, 0.717) is 5.69 Å². The number of piperidine rings is 1. The summed E-state index contributed by atoms with van der Waals surface area (Å²) in [5, 5.41) is 14.6. The van der Waals surface area contributed by atoms with Crippen molar-refractivity contribution in [2.45, 2.75) is 24.9 Å². The van der Waals surface area contributed by atoms with Crippen molar-refractivity contribution in [3.63, 3.8) is 0 Å². The molecule has 7 nitrogen and oxygen atoms in total. The fourth-order valence-corrected chi connectivity index (χ4v) is 4.73. The Bertz CT molecular complexity index is 1090. The largest absolute Gasteiger partial charge is 0.377 e. The summed E-state index contributed by atoms with van der Waals surface area (Å²) in [5.74, 6) is -0.392. The summed E-state index contributed by atoms with van der Waals surface area (Å²) in [7, 11) is 3.56. The quantitative estimate of drug-likeness (QED) is 0.412. The molecule has 0 saturated carbocycles. The highest BCUT2D eigenvalue weighted by Gasteiger charge is 2.30. The molecule has 7 heteroatoms. The van der Waals surface area contributed by atoms with E-state index in [1.807, 2.05) is 12.1 Å². The van der Waals surface area contributed by atoms with Crippen molar-refractivity contribution in [3.8, 4) is 0 Å². The zero-order valence-electron chi connectivity index (χ0n) is 19.6. The second-order valence-corrected chi connectivity index (χ2v) is 8.83. The third-order valence-electron chi connectivity index (χ3n) is 6.39. The van der Waals surface area contributed by atoms with E-state index >= 15 is 0 Å². The van der Waals surface area contributed by atoms with Crippen molar-refractivity contribution in [3.05, 3.63) is 106 Å². The molecule has 1 heterocycles. The van der Waals surface area contributed by atoms with E-state index < -0.39 is 10.8 Å². The molecule has 0 aromatic heterocycles. The number of nitrogens with one attached hydrogen (secondary N) is 1. The first-order chi connectivity index (χ1) is 16.5. The Morgan fingerprint density at radius 2 is 1.50 bits per heavy atom. The minimum atomic E-state index is -0.491. The normalized spacial score (nSPS) is 14.7. The first-order valence-corrected chi connectivity index (χ1v) is 11.5. The van der Waals surface area contributed by atoms with E-state index in [1.54, 1.807) is 31.1 Å². The highest BCUT2D eigenvalue weighted by Crippen LogP contribution is 2.32. The Balaban J connectivity index is 1.49. The van der Waals surface area contributed by atoms with Crippen LogP contribution in [-0.2, 0) is 0 Å². The average molecular weight is 459 g/mol. The van der Waals surface area contributed by atoms with E-state index in [2.05, 4.69) is 58.7 Å². The highest BCUT2D eigenvalue weighted by molar-refractivity contribution is 6.03. The van der Waals surface area contributed by atoms with Gasteiger partial charge in [-0.1, -0.05) is 66.7 Å². The Hall–Kier alpha value is -3.71. The van der Waals surface area contributed by atoms with E-state index in [4.69, 9.17) is 0 Å². The van der Waals surface area contributed by atoms with E-state index in [-0.39, 0.29) is 23.3 Å². The third kappa shape index (κ3) is 5.10. The fourth-order valence-electron chi connectivity index (χ4n) is 4.73. The number of likely N-dealkylation sites (tertiary alicyclic amines) is 1. The minimum Gasteiger partial charge on any atom is -0.377 e. The average Bonchev–Trinajstić information content (AvgIpc) is 2.86. The topological polar surface area (TPSA) is 78.7 Å². The number of rotatable bonds is 7. The maximum Gasteiger partial charge on any atom is 0.284 e. The van der Waals surface area contributed by atoms with E-state index in [1.165, 1.54) is 17.2 Å². The van der Waals surface area contributed by atoms with Crippen LogP contribution >= 0.6 is 0 Å². The van der Waals surface area contributed by atoms with Crippen LogP contribution in [0.25, 0.3) is 0 Å². The van der Waals surface area contributed by atoms with Gasteiger partial charge in [-0.15, -0.1) is 0 Å². The number of carbonyl (C=O) groups excluding carboxylic acids is 1. The van der Waals surface area contributed by atoms with Gasteiger partial charge in [0.25, 0.3) is 11.6 Å². The van der Waals surface area contributed by atoms with Gasteiger partial charge in [0.2, 0.25) is 0 Å². The summed E-state index contributed by atoms with van der Waals surface area (Å²) in [6, 6.07) is 25.8. The van der Waals surface area contributed by atoms with Crippen LogP contribution in [0.3, 0.4) is 0 Å². The van der Waals surface area contributed by atoms with Gasteiger partial charge in [0.05, 0.1) is 16.7 Å². The predicted molar refractivity (Wildman–Crippen MR) is 134 cm³/mol. The summed E-state index contributed by atoms with van der Waals surface area (Å²) >= 11 is 0. The summed E-state index contributed by atoms with van der Waals surface area (Å²) in [5.41, 5.74) is 2.97. The molecule has 1 aliphatic rings. The van der Waals surface area contributed by atoms with Crippen LogP contribution < -0.4 is 10.2 Å². The number of amides is 1. The van der Waals surface area contributed by atoms with Gasteiger partial charge in [0, 0.05) is 39.3 Å². The monoisotopic (exact) mass is 458 g/mol. The van der Waals surface area contributed by atoms with E-state index in [0.717, 1.165) is 25.9 Å². The summed E-state index contributed by atoms with van der Waals surface area (Å²) in [6.07, 6.45) is 1.56. The number of carbonyl (C=O) groups is 1.